The Morgan fingerprint density at radius 2 is 1.90 bits per heavy atom. The van der Waals surface area contributed by atoms with Crippen molar-refractivity contribution >= 4 is 0 Å². The van der Waals surface area contributed by atoms with Crippen molar-refractivity contribution in [3.05, 3.63) is 35.9 Å². The molecular weight excluding hydrogens is 264 g/mol. The van der Waals surface area contributed by atoms with E-state index in [2.05, 4.69) is 5.32 Å². The summed E-state index contributed by atoms with van der Waals surface area (Å²) >= 11 is 0. The summed E-state index contributed by atoms with van der Waals surface area (Å²) in [6.45, 7) is 3.44. The molecule has 0 aliphatic rings. The number of alkyl halides is 2. The first-order valence-corrected chi connectivity index (χ1v) is 6.80. The lowest BCUT2D eigenvalue weighted by Crippen LogP contribution is -2.49. The topological polar surface area (TPSA) is 41.5 Å². The molecule has 1 atom stereocenters. The Balaban J connectivity index is 2.78. The number of hydrogen-bond donors (Lipinski definition) is 2. The molecule has 0 heterocycles. The first kappa shape index (κ1) is 17.0. The van der Waals surface area contributed by atoms with Crippen molar-refractivity contribution in [1.82, 2.24) is 5.32 Å². The van der Waals surface area contributed by atoms with Crippen molar-refractivity contribution in [3.8, 4) is 0 Å². The van der Waals surface area contributed by atoms with E-state index in [0.717, 1.165) is 5.56 Å². The van der Waals surface area contributed by atoms with E-state index in [1.165, 1.54) is 0 Å². The second kappa shape index (κ2) is 8.29. The van der Waals surface area contributed by atoms with Gasteiger partial charge in [-0.2, -0.15) is 0 Å². The second-order valence-corrected chi connectivity index (χ2v) is 5.12. The second-order valence-electron chi connectivity index (χ2n) is 5.12. The minimum atomic E-state index is -2.46. The van der Waals surface area contributed by atoms with E-state index in [-0.39, 0.29) is 19.3 Å². The summed E-state index contributed by atoms with van der Waals surface area (Å²) in [5, 5.41) is 13.2. The van der Waals surface area contributed by atoms with Crippen LogP contribution in [0.2, 0.25) is 0 Å². The number of ether oxygens (including phenoxy) is 1. The van der Waals surface area contributed by atoms with Crippen LogP contribution in [0.3, 0.4) is 0 Å². The van der Waals surface area contributed by atoms with E-state index in [1.54, 1.807) is 0 Å². The fraction of sp³-hybridized carbons (Fsp3) is 0.600. The van der Waals surface area contributed by atoms with E-state index < -0.39 is 18.6 Å². The van der Waals surface area contributed by atoms with Crippen molar-refractivity contribution in [2.24, 2.45) is 0 Å². The highest BCUT2D eigenvalue weighted by molar-refractivity contribution is 5.25. The Morgan fingerprint density at radius 1 is 1.25 bits per heavy atom. The summed E-state index contributed by atoms with van der Waals surface area (Å²) in [5.41, 5.74) is 0.259. The van der Waals surface area contributed by atoms with Gasteiger partial charge < -0.3 is 15.2 Å². The molecule has 2 N–H and O–H groups in total. The first-order chi connectivity index (χ1) is 9.50. The third-order valence-corrected chi connectivity index (χ3v) is 3.08. The minimum Gasteiger partial charge on any atom is -0.394 e. The fourth-order valence-electron chi connectivity index (χ4n) is 2.24. The van der Waals surface area contributed by atoms with Crippen molar-refractivity contribution < 1.29 is 18.6 Å². The molecule has 20 heavy (non-hydrogen) atoms. The maximum atomic E-state index is 12.1. The molecule has 0 aromatic heterocycles. The lowest BCUT2D eigenvalue weighted by Gasteiger charge is -2.35. The maximum Gasteiger partial charge on any atom is 0.261 e. The van der Waals surface area contributed by atoms with Gasteiger partial charge in [-0.25, -0.2) is 8.78 Å². The number of hydrogen-bond acceptors (Lipinski definition) is 3. The molecule has 0 saturated carbocycles. The van der Waals surface area contributed by atoms with E-state index in [4.69, 9.17) is 4.74 Å². The summed E-state index contributed by atoms with van der Waals surface area (Å²) in [6.07, 6.45) is -2.04. The molecule has 5 heteroatoms. The SMILES string of the molecule is CC(C)NC(CO)(CCOCC(F)F)c1ccccc1. The zero-order valence-corrected chi connectivity index (χ0v) is 12.0. The molecule has 0 fully saturated rings. The Labute approximate surface area is 119 Å². The van der Waals surface area contributed by atoms with E-state index in [1.807, 2.05) is 44.2 Å². The number of aliphatic hydroxyl groups excluding tert-OH is 1. The first-order valence-electron chi connectivity index (χ1n) is 6.80. The minimum absolute atomic E-state index is 0.118. The van der Waals surface area contributed by atoms with Gasteiger partial charge in [0, 0.05) is 12.6 Å². The molecule has 3 nitrogen and oxygen atoms in total. The van der Waals surface area contributed by atoms with Gasteiger partial charge in [-0.15, -0.1) is 0 Å². The van der Waals surface area contributed by atoms with Crippen LogP contribution in [0.1, 0.15) is 25.8 Å². The zero-order valence-electron chi connectivity index (χ0n) is 12.0. The number of aliphatic hydroxyl groups is 1. The van der Waals surface area contributed by atoms with Gasteiger partial charge >= 0.3 is 0 Å². The van der Waals surface area contributed by atoms with Crippen LogP contribution in [-0.4, -0.2) is 37.4 Å². The van der Waals surface area contributed by atoms with E-state index in [0.29, 0.717) is 6.42 Å². The molecule has 1 aromatic carbocycles. The van der Waals surface area contributed by atoms with Crippen LogP contribution in [0.25, 0.3) is 0 Å². The fourth-order valence-corrected chi connectivity index (χ4v) is 2.24. The molecule has 0 amide bonds. The summed E-state index contributed by atoms with van der Waals surface area (Å²) in [6, 6.07) is 9.66. The van der Waals surface area contributed by atoms with Gasteiger partial charge in [-0.1, -0.05) is 30.3 Å². The third kappa shape index (κ3) is 5.15. The highest BCUT2D eigenvalue weighted by Gasteiger charge is 2.31. The molecule has 0 bridgehead atoms. The van der Waals surface area contributed by atoms with Crippen molar-refractivity contribution in [1.29, 1.82) is 0 Å². The largest absolute Gasteiger partial charge is 0.394 e. The standard InChI is InChI=1S/C15H23F2NO2/c1-12(2)18-15(11-19,8-9-20-10-14(16)17)13-6-4-3-5-7-13/h3-7,12,14,18-19H,8-11H2,1-2H3. The molecule has 0 aliphatic carbocycles. The van der Waals surface area contributed by atoms with Crippen molar-refractivity contribution in [2.75, 3.05) is 19.8 Å². The van der Waals surface area contributed by atoms with Gasteiger partial charge in [0.2, 0.25) is 0 Å². The smallest absolute Gasteiger partial charge is 0.261 e. The number of rotatable bonds is 9. The number of halogens is 2. The Kier molecular flexibility index (Phi) is 7.05. The molecule has 0 aliphatic heterocycles. The predicted octanol–water partition coefficient (Wildman–Crippen LogP) is 2.54. The molecule has 114 valence electrons. The highest BCUT2D eigenvalue weighted by Crippen LogP contribution is 2.25. The monoisotopic (exact) mass is 287 g/mol. The van der Waals surface area contributed by atoms with Crippen LogP contribution in [0.4, 0.5) is 8.78 Å². The van der Waals surface area contributed by atoms with Crippen LogP contribution in [-0.2, 0) is 10.3 Å². The Hall–Kier alpha value is -1.04. The average Bonchev–Trinajstić information content (AvgIpc) is 2.42. The Morgan fingerprint density at radius 3 is 2.40 bits per heavy atom. The summed E-state index contributed by atoms with van der Waals surface area (Å²) in [5.74, 6) is 0. The summed E-state index contributed by atoms with van der Waals surface area (Å²) in [4.78, 5) is 0. The highest BCUT2D eigenvalue weighted by atomic mass is 19.3. The van der Waals surface area contributed by atoms with Gasteiger partial charge in [0.05, 0.1) is 12.1 Å². The molecular formula is C15H23F2NO2. The molecule has 0 radical (unpaired) electrons. The van der Waals surface area contributed by atoms with Crippen LogP contribution >= 0.6 is 0 Å². The van der Waals surface area contributed by atoms with Gasteiger partial charge in [0.1, 0.15) is 6.61 Å². The third-order valence-electron chi connectivity index (χ3n) is 3.08. The molecule has 1 rings (SSSR count). The molecule has 1 unspecified atom stereocenters. The van der Waals surface area contributed by atoms with Crippen LogP contribution in [0.5, 0.6) is 0 Å². The van der Waals surface area contributed by atoms with E-state index >= 15 is 0 Å². The summed E-state index contributed by atoms with van der Waals surface area (Å²) in [7, 11) is 0. The zero-order chi connectivity index (χ0) is 15.0. The maximum absolute atomic E-state index is 12.1. The molecule has 0 spiro atoms. The number of nitrogens with one attached hydrogen (secondary N) is 1. The quantitative estimate of drug-likeness (QED) is 0.686. The van der Waals surface area contributed by atoms with Gasteiger partial charge in [0.25, 0.3) is 6.43 Å². The Bertz CT molecular complexity index is 373. The van der Waals surface area contributed by atoms with Crippen LogP contribution in [0.15, 0.2) is 30.3 Å². The molecule has 0 saturated heterocycles. The predicted molar refractivity (Wildman–Crippen MR) is 74.9 cm³/mol. The lowest BCUT2D eigenvalue weighted by molar-refractivity contribution is 0.00345. The summed E-state index contributed by atoms with van der Waals surface area (Å²) < 4.78 is 29.1. The number of benzene rings is 1. The lowest BCUT2D eigenvalue weighted by atomic mass is 9.87. The van der Waals surface area contributed by atoms with Crippen LogP contribution < -0.4 is 5.32 Å². The van der Waals surface area contributed by atoms with Crippen LogP contribution in [0, 0.1) is 0 Å². The average molecular weight is 287 g/mol. The van der Waals surface area contributed by atoms with Crippen molar-refractivity contribution in [2.45, 2.75) is 38.3 Å². The normalized spacial score (nSPS) is 14.8. The van der Waals surface area contributed by atoms with Gasteiger partial charge in [-0.05, 0) is 25.8 Å². The molecule has 1 aromatic rings. The van der Waals surface area contributed by atoms with E-state index in [9.17, 15) is 13.9 Å². The van der Waals surface area contributed by atoms with Crippen molar-refractivity contribution in [3.63, 3.8) is 0 Å². The van der Waals surface area contributed by atoms with Gasteiger partial charge in [0.15, 0.2) is 0 Å². The van der Waals surface area contributed by atoms with Gasteiger partial charge in [-0.3, -0.25) is 0 Å².